The van der Waals surface area contributed by atoms with Crippen LogP contribution >= 0.6 is 0 Å². The van der Waals surface area contributed by atoms with Crippen LogP contribution in [0, 0.1) is 11.6 Å². The third kappa shape index (κ3) is 4.41. The fraction of sp³-hybridized carbons (Fsp3) is 0.409. The molecule has 154 valence electrons. The first-order valence-corrected chi connectivity index (χ1v) is 9.67. The quantitative estimate of drug-likeness (QED) is 0.850. The molecular formula is C22H23F2NO4. The Kier molecular flexibility index (Phi) is 5.52. The number of carbonyl (C=O) groups is 1. The summed E-state index contributed by atoms with van der Waals surface area (Å²) in [6, 6.07) is 12.0. The molecule has 2 aliphatic rings. The van der Waals surface area contributed by atoms with Crippen molar-refractivity contribution in [3.8, 4) is 0 Å². The zero-order valence-electron chi connectivity index (χ0n) is 15.9. The van der Waals surface area contributed by atoms with Gasteiger partial charge in [0.1, 0.15) is 18.2 Å². The van der Waals surface area contributed by atoms with E-state index < -0.39 is 23.3 Å². The van der Waals surface area contributed by atoms with Crippen LogP contribution in [0.25, 0.3) is 0 Å². The number of piperidine rings is 1. The summed E-state index contributed by atoms with van der Waals surface area (Å²) in [7, 11) is 0. The maximum Gasteiger partial charge on any atom is 0.410 e. The Balaban J connectivity index is 1.44. The number of nitrogens with zero attached hydrogens (tertiary/aromatic N) is 1. The van der Waals surface area contributed by atoms with Gasteiger partial charge >= 0.3 is 6.09 Å². The van der Waals surface area contributed by atoms with E-state index in [0.717, 1.165) is 11.6 Å². The number of benzene rings is 2. The molecule has 2 saturated heterocycles. The SMILES string of the molecule is O=C(OCc1ccccc1)N1C2COCC1CC(O)(Cc1ccc(F)cc1F)C2. The monoisotopic (exact) mass is 403 g/mol. The summed E-state index contributed by atoms with van der Waals surface area (Å²) in [4.78, 5) is 14.4. The van der Waals surface area contributed by atoms with Gasteiger partial charge in [0.05, 0.1) is 30.9 Å². The number of hydrogen-bond acceptors (Lipinski definition) is 4. The van der Waals surface area contributed by atoms with Crippen LogP contribution in [0.2, 0.25) is 0 Å². The summed E-state index contributed by atoms with van der Waals surface area (Å²) in [5, 5.41) is 11.1. The van der Waals surface area contributed by atoms with Crippen LogP contribution in [-0.4, -0.2) is 47.0 Å². The summed E-state index contributed by atoms with van der Waals surface area (Å²) in [6.07, 6.45) is 0.0859. The smallest absolute Gasteiger partial charge is 0.410 e. The first kappa shape index (κ1) is 19.8. The number of halogens is 2. The molecule has 2 atom stereocenters. The fourth-order valence-electron chi connectivity index (χ4n) is 4.33. The molecule has 0 radical (unpaired) electrons. The Hall–Kier alpha value is -2.51. The van der Waals surface area contributed by atoms with Crippen LogP contribution in [-0.2, 0) is 22.5 Å². The maximum atomic E-state index is 14.1. The lowest BCUT2D eigenvalue weighted by atomic mass is 9.77. The second-order valence-electron chi connectivity index (χ2n) is 7.84. The van der Waals surface area contributed by atoms with Crippen LogP contribution in [0.1, 0.15) is 24.0 Å². The van der Waals surface area contributed by atoms with Gasteiger partial charge < -0.3 is 14.6 Å². The van der Waals surface area contributed by atoms with Crippen molar-refractivity contribution in [3.05, 3.63) is 71.3 Å². The molecular weight excluding hydrogens is 380 g/mol. The van der Waals surface area contributed by atoms with E-state index in [-0.39, 0.29) is 56.7 Å². The van der Waals surface area contributed by atoms with E-state index in [1.807, 2.05) is 30.3 Å². The Morgan fingerprint density at radius 3 is 2.48 bits per heavy atom. The Morgan fingerprint density at radius 2 is 1.83 bits per heavy atom. The minimum Gasteiger partial charge on any atom is -0.445 e. The predicted molar refractivity (Wildman–Crippen MR) is 101 cm³/mol. The van der Waals surface area contributed by atoms with Gasteiger partial charge in [-0.1, -0.05) is 36.4 Å². The molecule has 1 amide bonds. The number of carbonyl (C=O) groups excluding carboxylic acids is 1. The van der Waals surface area contributed by atoms with Crippen molar-refractivity contribution < 1.29 is 28.2 Å². The third-order valence-corrected chi connectivity index (χ3v) is 5.59. The van der Waals surface area contributed by atoms with Gasteiger partial charge in [-0.05, 0) is 30.0 Å². The standard InChI is InChI=1S/C22H23F2NO4/c23-17-7-6-16(20(24)8-17)9-22(27)10-18-13-28-14-19(11-22)25(18)21(26)29-12-15-4-2-1-3-5-15/h1-8,18-19,27H,9-14H2. The first-order valence-electron chi connectivity index (χ1n) is 9.67. The Morgan fingerprint density at radius 1 is 1.14 bits per heavy atom. The van der Waals surface area contributed by atoms with Gasteiger partial charge in [0, 0.05) is 12.5 Å². The van der Waals surface area contributed by atoms with Crippen LogP contribution in [0.5, 0.6) is 0 Å². The molecule has 2 aromatic carbocycles. The summed E-state index contributed by atoms with van der Waals surface area (Å²) < 4.78 is 38.3. The van der Waals surface area contributed by atoms with E-state index in [2.05, 4.69) is 0 Å². The van der Waals surface area contributed by atoms with E-state index in [4.69, 9.17) is 9.47 Å². The summed E-state index contributed by atoms with van der Waals surface area (Å²) in [6.45, 7) is 0.734. The molecule has 2 heterocycles. The van der Waals surface area contributed by atoms with Crippen LogP contribution in [0.15, 0.2) is 48.5 Å². The highest BCUT2D eigenvalue weighted by molar-refractivity contribution is 5.69. The minimum atomic E-state index is -1.20. The van der Waals surface area contributed by atoms with Crippen molar-refractivity contribution in [2.75, 3.05) is 13.2 Å². The zero-order valence-corrected chi connectivity index (χ0v) is 15.9. The highest BCUT2D eigenvalue weighted by Gasteiger charge is 2.48. The molecule has 7 heteroatoms. The molecule has 2 fully saturated rings. The lowest BCUT2D eigenvalue weighted by Crippen LogP contribution is -2.64. The molecule has 2 bridgehead atoms. The fourth-order valence-corrected chi connectivity index (χ4v) is 4.33. The number of morpholine rings is 1. The highest BCUT2D eigenvalue weighted by atomic mass is 19.1. The average molecular weight is 403 g/mol. The number of amides is 1. The number of aliphatic hydroxyl groups is 1. The van der Waals surface area contributed by atoms with Crippen molar-refractivity contribution in [2.45, 2.75) is 43.6 Å². The van der Waals surface area contributed by atoms with E-state index in [9.17, 15) is 18.7 Å². The molecule has 0 aromatic heterocycles. The molecule has 0 saturated carbocycles. The molecule has 2 aromatic rings. The Labute approximate surface area is 167 Å². The maximum absolute atomic E-state index is 14.1. The summed E-state index contributed by atoms with van der Waals surface area (Å²) in [5.41, 5.74) is -0.0517. The van der Waals surface area contributed by atoms with Crippen LogP contribution < -0.4 is 0 Å². The van der Waals surface area contributed by atoms with E-state index in [1.54, 1.807) is 4.90 Å². The zero-order chi connectivity index (χ0) is 20.4. The van der Waals surface area contributed by atoms with E-state index >= 15 is 0 Å². The second kappa shape index (κ2) is 8.08. The minimum absolute atomic E-state index is 0.0546. The van der Waals surface area contributed by atoms with Gasteiger partial charge in [-0.2, -0.15) is 0 Å². The molecule has 4 rings (SSSR count). The summed E-state index contributed by atoms with van der Waals surface area (Å²) >= 11 is 0. The number of hydrogen-bond donors (Lipinski definition) is 1. The molecule has 1 N–H and O–H groups in total. The van der Waals surface area contributed by atoms with Gasteiger partial charge in [0.2, 0.25) is 0 Å². The van der Waals surface area contributed by atoms with Gasteiger partial charge in [-0.3, -0.25) is 4.90 Å². The van der Waals surface area contributed by atoms with Crippen molar-refractivity contribution >= 4 is 6.09 Å². The molecule has 29 heavy (non-hydrogen) atoms. The molecule has 0 aliphatic carbocycles. The van der Waals surface area contributed by atoms with Gasteiger partial charge in [0.15, 0.2) is 0 Å². The lowest BCUT2D eigenvalue weighted by Gasteiger charge is -2.51. The highest BCUT2D eigenvalue weighted by Crippen LogP contribution is 2.37. The van der Waals surface area contributed by atoms with Gasteiger partial charge in [-0.15, -0.1) is 0 Å². The topological polar surface area (TPSA) is 59.0 Å². The number of ether oxygens (including phenoxy) is 2. The van der Waals surface area contributed by atoms with Crippen LogP contribution in [0.4, 0.5) is 13.6 Å². The largest absolute Gasteiger partial charge is 0.445 e. The number of fused-ring (bicyclic) bond motifs is 2. The van der Waals surface area contributed by atoms with E-state index in [0.29, 0.717) is 0 Å². The molecule has 5 nitrogen and oxygen atoms in total. The van der Waals surface area contributed by atoms with Gasteiger partial charge in [-0.25, -0.2) is 13.6 Å². The third-order valence-electron chi connectivity index (χ3n) is 5.59. The van der Waals surface area contributed by atoms with E-state index in [1.165, 1.54) is 12.1 Å². The second-order valence-corrected chi connectivity index (χ2v) is 7.84. The van der Waals surface area contributed by atoms with Gasteiger partial charge in [0.25, 0.3) is 0 Å². The van der Waals surface area contributed by atoms with Crippen molar-refractivity contribution in [1.29, 1.82) is 0 Å². The average Bonchev–Trinajstić information content (AvgIpc) is 2.68. The molecule has 2 aliphatic heterocycles. The normalized spacial score (nSPS) is 26.2. The predicted octanol–water partition coefficient (Wildman–Crippen LogP) is 3.44. The lowest BCUT2D eigenvalue weighted by molar-refractivity contribution is -0.133. The Bertz CT molecular complexity index is 862. The first-order chi connectivity index (χ1) is 13.9. The molecule has 2 unspecified atom stereocenters. The van der Waals surface area contributed by atoms with Crippen LogP contribution in [0.3, 0.4) is 0 Å². The molecule has 0 spiro atoms. The summed E-state index contributed by atoms with van der Waals surface area (Å²) in [5.74, 6) is -1.33. The van der Waals surface area contributed by atoms with Crippen molar-refractivity contribution in [3.63, 3.8) is 0 Å². The van der Waals surface area contributed by atoms with Crippen molar-refractivity contribution in [1.82, 2.24) is 4.90 Å². The number of rotatable bonds is 4. The van der Waals surface area contributed by atoms with Crippen molar-refractivity contribution in [2.24, 2.45) is 0 Å².